The minimum absolute atomic E-state index is 0.931. The third-order valence-electron chi connectivity index (χ3n) is 1.32. The summed E-state index contributed by atoms with van der Waals surface area (Å²) in [4.78, 5) is 4.08. The highest BCUT2D eigenvalue weighted by atomic mass is 14.9. The number of aromatic nitrogens is 1. The Labute approximate surface area is 61.3 Å². The van der Waals surface area contributed by atoms with Crippen LogP contribution in [0.1, 0.15) is 12.6 Å². The van der Waals surface area contributed by atoms with Gasteiger partial charge in [-0.2, -0.15) is 0 Å². The smallest absolute Gasteiger partial charge is 0.0604 e. The molecule has 0 fully saturated rings. The maximum atomic E-state index is 4.08. The molecule has 0 aliphatic carbocycles. The molecular formula is C8H11N2. The van der Waals surface area contributed by atoms with Gasteiger partial charge in [-0.25, -0.2) is 0 Å². The van der Waals surface area contributed by atoms with Crippen LogP contribution in [0.4, 0.5) is 5.69 Å². The van der Waals surface area contributed by atoms with Gasteiger partial charge in [0.25, 0.3) is 0 Å². The first kappa shape index (κ1) is 7.06. The molecule has 0 aliphatic rings. The van der Waals surface area contributed by atoms with E-state index in [-0.39, 0.29) is 0 Å². The molecule has 0 spiro atoms. The summed E-state index contributed by atoms with van der Waals surface area (Å²) < 4.78 is 0. The second kappa shape index (κ2) is 3.20. The largest absolute Gasteiger partial charge is 0.384 e. The molecular weight excluding hydrogens is 124 g/mol. The normalized spacial score (nSPS) is 9.40. The van der Waals surface area contributed by atoms with E-state index in [4.69, 9.17) is 0 Å². The molecule has 0 saturated carbocycles. The van der Waals surface area contributed by atoms with E-state index in [1.54, 1.807) is 6.20 Å². The molecule has 2 heteroatoms. The highest BCUT2D eigenvalue weighted by Gasteiger charge is 1.92. The van der Waals surface area contributed by atoms with Gasteiger partial charge in [-0.15, -0.1) is 0 Å². The van der Waals surface area contributed by atoms with E-state index in [2.05, 4.69) is 23.3 Å². The van der Waals surface area contributed by atoms with E-state index in [1.807, 2.05) is 13.0 Å². The van der Waals surface area contributed by atoms with Crippen molar-refractivity contribution in [1.29, 1.82) is 0 Å². The zero-order valence-corrected chi connectivity index (χ0v) is 6.31. The lowest BCUT2D eigenvalue weighted by atomic mass is 10.3. The number of hydrogen-bond donors (Lipinski definition) is 1. The Balaban J connectivity index is 2.81. The summed E-state index contributed by atoms with van der Waals surface area (Å²) in [7, 11) is 0. The van der Waals surface area contributed by atoms with Gasteiger partial charge in [-0.3, -0.25) is 4.98 Å². The topological polar surface area (TPSA) is 24.9 Å². The van der Waals surface area contributed by atoms with Crippen LogP contribution >= 0.6 is 0 Å². The highest BCUT2D eigenvalue weighted by molar-refractivity contribution is 5.45. The van der Waals surface area contributed by atoms with Gasteiger partial charge in [0, 0.05) is 18.8 Å². The van der Waals surface area contributed by atoms with Crippen LogP contribution in [0.5, 0.6) is 0 Å². The molecule has 1 heterocycles. The predicted octanol–water partition coefficient (Wildman–Crippen LogP) is 1.62. The van der Waals surface area contributed by atoms with E-state index in [0.29, 0.717) is 0 Å². The van der Waals surface area contributed by atoms with Crippen molar-refractivity contribution in [3.05, 3.63) is 24.0 Å². The summed E-state index contributed by atoms with van der Waals surface area (Å²) in [6.45, 7) is 4.97. The van der Waals surface area contributed by atoms with E-state index in [1.165, 1.54) is 0 Å². The number of anilines is 1. The fourth-order valence-electron chi connectivity index (χ4n) is 0.798. The van der Waals surface area contributed by atoms with Crippen molar-refractivity contribution < 1.29 is 0 Å². The molecule has 1 aromatic rings. The van der Waals surface area contributed by atoms with Crippen LogP contribution in [0.15, 0.2) is 12.3 Å². The molecule has 0 amide bonds. The minimum atomic E-state index is 0.931. The van der Waals surface area contributed by atoms with Gasteiger partial charge in [0.15, 0.2) is 0 Å². The molecule has 1 aromatic heterocycles. The fourth-order valence-corrected chi connectivity index (χ4v) is 0.798. The molecule has 0 atom stereocenters. The van der Waals surface area contributed by atoms with Crippen LogP contribution in [0.2, 0.25) is 0 Å². The number of nitrogens with zero attached hydrogens (tertiary/aromatic N) is 1. The van der Waals surface area contributed by atoms with E-state index >= 15 is 0 Å². The average Bonchev–Trinajstić information content (AvgIpc) is 1.94. The van der Waals surface area contributed by atoms with Crippen LogP contribution in [-0.4, -0.2) is 11.5 Å². The van der Waals surface area contributed by atoms with Crippen LogP contribution in [0.25, 0.3) is 0 Å². The number of aryl methyl sites for hydroxylation is 1. The summed E-state index contributed by atoms with van der Waals surface area (Å²) in [5.41, 5.74) is 2.10. The molecule has 1 rings (SSSR count). The number of nitrogens with one attached hydrogen (secondary N) is 1. The minimum Gasteiger partial charge on any atom is -0.384 e. The van der Waals surface area contributed by atoms with Gasteiger partial charge >= 0.3 is 0 Å². The van der Waals surface area contributed by atoms with Gasteiger partial charge in [0.1, 0.15) is 0 Å². The van der Waals surface area contributed by atoms with E-state index < -0.39 is 0 Å². The maximum absolute atomic E-state index is 4.08. The average molecular weight is 135 g/mol. The third-order valence-corrected chi connectivity index (χ3v) is 1.32. The first-order valence-corrected chi connectivity index (χ1v) is 3.41. The lowest BCUT2D eigenvalue weighted by molar-refractivity contribution is 1.14. The third kappa shape index (κ3) is 1.47. The first-order chi connectivity index (χ1) is 4.84. The molecule has 0 aromatic carbocycles. The van der Waals surface area contributed by atoms with Gasteiger partial charge in [0.2, 0.25) is 0 Å². The maximum Gasteiger partial charge on any atom is 0.0604 e. The Kier molecular flexibility index (Phi) is 2.26. The van der Waals surface area contributed by atoms with Gasteiger partial charge < -0.3 is 5.32 Å². The van der Waals surface area contributed by atoms with Crippen molar-refractivity contribution in [3.63, 3.8) is 0 Å². The molecule has 0 saturated heterocycles. The van der Waals surface area contributed by atoms with Crippen molar-refractivity contribution in [2.24, 2.45) is 0 Å². The molecule has 2 nitrogen and oxygen atoms in total. The zero-order chi connectivity index (χ0) is 7.40. The second-order valence-corrected chi connectivity index (χ2v) is 2.10. The first-order valence-electron chi connectivity index (χ1n) is 3.41. The standard InChI is InChI=1S/C8H11N2/c1-3-9-8-5-4-6-10-7(8)2/h5-6,9H,3H2,1-2H3. The quantitative estimate of drug-likeness (QED) is 0.666. The molecule has 0 aliphatic heterocycles. The summed E-state index contributed by atoms with van der Waals surface area (Å²) in [5.74, 6) is 0. The lowest BCUT2D eigenvalue weighted by Gasteiger charge is -2.03. The SMILES string of the molecule is CCNc1c[c]cnc1C. The number of hydrogen-bond acceptors (Lipinski definition) is 2. The molecule has 0 unspecified atom stereocenters. The van der Waals surface area contributed by atoms with Crippen LogP contribution in [0, 0.1) is 13.0 Å². The Hall–Kier alpha value is -1.05. The summed E-state index contributed by atoms with van der Waals surface area (Å²) in [5, 5.41) is 3.18. The Morgan fingerprint density at radius 2 is 2.50 bits per heavy atom. The van der Waals surface area contributed by atoms with Crippen molar-refractivity contribution in [2.75, 3.05) is 11.9 Å². The molecule has 1 N–H and O–H groups in total. The molecule has 10 heavy (non-hydrogen) atoms. The zero-order valence-electron chi connectivity index (χ0n) is 6.31. The van der Waals surface area contributed by atoms with Crippen molar-refractivity contribution >= 4 is 5.69 Å². The lowest BCUT2D eigenvalue weighted by Crippen LogP contribution is -1.99. The second-order valence-electron chi connectivity index (χ2n) is 2.10. The number of rotatable bonds is 2. The van der Waals surface area contributed by atoms with Gasteiger partial charge in [-0.05, 0) is 19.9 Å². The fraction of sp³-hybridized carbons (Fsp3) is 0.375. The van der Waals surface area contributed by atoms with Crippen LogP contribution < -0.4 is 5.32 Å². The van der Waals surface area contributed by atoms with Gasteiger partial charge in [0.05, 0.1) is 11.4 Å². The van der Waals surface area contributed by atoms with E-state index in [0.717, 1.165) is 17.9 Å². The van der Waals surface area contributed by atoms with Crippen LogP contribution in [0.3, 0.4) is 0 Å². The molecule has 1 radical (unpaired) electrons. The van der Waals surface area contributed by atoms with Crippen molar-refractivity contribution in [1.82, 2.24) is 4.98 Å². The van der Waals surface area contributed by atoms with E-state index in [9.17, 15) is 0 Å². The van der Waals surface area contributed by atoms with Crippen LogP contribution in [-0.2, 0) is 0 Å². The summed E-state index contributed by atoms with van der Waals surface area (Å²) >= 11 is 0. The highest BCUT2D eigenvalue weighted by Crippen LogP contribution is 2.08. The Morgan fingerprint density at radius 3 is 3.10 bits per heavy atom. The van der Waals surface area contributed by atoms with Crippen molar-refractivity contribution in [3.8, 4) is 0 Å². The Morgan fingerprint density at radius 1 is 1.70 bits per heavy atom. The monoisotopic (exact) mass is 135 g/mol. The summed E-state index contributed by atoms with van der Waals surface area (Å²) in [6, 6.07) is 4.82. The van der Waals surface area contributed by atoms with Crippen molar-refractivity contribution in [2.45, 2.75) is 13.8 Å². The molecule has 0 bridgehead atoms. The summed E-state index contributed by atoms with van der Waals surface area (Å²) in [6.07, 6.45) is 1.68. The predicted molar refractivity (Wildman–Crippen MR) is 42.0 cm³/mol. The molecule has 53 valence electrons. The Bertz CT molecular complexity index is 208. The van der Waals surface area contributed by atoms with Gasteiger partial charge in [-0.1, -0.05) is 0 Å². The number of pyridine rings is 1.